The third-order valence-electron chi connectivity index (χ3n) is 3.23. The number of carbonyl (C=O) groups is 1. The Kier molecular flexibility index (Phi) is 7.06. The number of nitrogens with one attached hydrogen (secondary N) is 1. The van der Waals surface area contributed by atoms with E-state index in [9.17, 15) is 4.79 Å². The number of rotatable bonds is 3. The van der Waals surface area contributed by atoms with Gasteiger partial charge in [0.1, 0.15) is 0 Å². The average molecular weight is 339 g/mol. The van der Waals surface area contributed by atoms with Crippen molar-refractivity contribution in [1.82, 2.24) is 4.90 Å². The van der Waals surface area contributed by atoms with Crippen LogP contribution in [0.4, 0.5) is 5.69 Å². The minimum Gasteiger partial charge on any atom is -0.328 e. The topological polar surface area (TPSA) is 58.4 Å². The summed E-state index contributed by atoms with van der Waals surface area (Å²) in [5.74, 6) is -0.0837. The summed E-state index contributed by atoms with van der Waals surface area (Å²) in [6.07, 6.45) is 1.87. The maximum Gasteiger partial charge on any atom is 0.238 e. The number of nitrogens with zero attached hydrogens (tertiary/aromatic N) is 1. The summed E-state index contributed by atoms with van der Waals surface area (Å²) in [5, 5.41) is 3.59. The monoisotopic (exact) mass is 337 g/mol. The Labute approximate surface area is 135 Å². The lowest BCUT2D eigenvalue weighted by Gasteiger charge is -2.29. The van der Waals surface area contributed by atoms with Gasteiger partial charge in [0.05, 0.1) is 22.3 Å². The van der Waals surface area contributed by atoms with Crippen molar-refractivity contribution in [3.05, 3.63) is 28.2 Å². The van der Waals surface area contributed by atoms with Gasteiger partial charge in [-0.15, -0.1) is 12.4 Å². The molecule has 0 saturated carbocycles. The lowest BCUT2D eigenvalue weighted by Crippen LogP contribution is -2.43. The van der Waals surface area contributed by atoms with E-state index in [-0.39, 0.29) is 24.4 Å². The van der Waals surface area contributed by atoms with E-state index in [4.69, 9.17) is 28.9 Å². The highest BCUT2D eigenvalue weighted by atomic mass is 35.5. The first kappa shape index (κ1) is 17.5. The molecular weight excluding hydrogens is 321 g/mol. The van der Waals surface area contributed by atoms with Crippen molar-refractivity contribution < 1.29 is 4.79 Å². The predicted molar refractivity (Wildman–Crippen MR) is 86.0 cm³/mol. The van der Waals surface area contributed by atoms with E-state index in [1.807, 2.05) is 0 Å². The highest BCUT2D eigenvalue weighted by Crippen LogP contribution is 2.29. The van der Waals surface area contributed by atoms with E-state index in [1.54, 1.807) is 18.2 Å². The summed E-state index contributed by atoms with van der Waals surface area (Å²) < 4.78 is 0. The number of likely N-dealkylation sites (tertiary alicyclic amines) is 1. The summed E-state index contributed by atoms with van der Waals surface area (Å²) in [6.45, 7) is 2.07. The second-order valence-corrected chi connectivity index (χ2v) is 5.55. The molecule has 20 heavy (non-hydrogen) atoms. The number of anilines is 1. The first-order chi connectivity index (χ1) is 9.06. The molecule has 0 atom stereocenters. The third-order valence-corrected chi connectivity index (χ3v) is 4.04. The molecule has 0 spiro atoms. The first-order valence-corrected chi connectivity index (χ1v) is 7.03. The lowest BCUT2D eigenvalue weighted by molar-refractivity contribution is -0.117. The van der Waals surface area contributed by atoms with Crippen LogP contribution in [-0.2, 0) is 4.79 Å². The highest BCUT2D eigenvalue weighted by Gasteiger charge is 2.18. The fourth-order valence-electron chi connectivity index (χ4n) is 2.10. The molecule has 112 valence electrons. The van der Waals surface area contributed by atoms with Gasteiger partial charge in [-0.05, 0) is 25.0 Å². The number of hydrogen-bond acceptors (Lipinski definition) is 3. The van der Waals surface area contributed by atoms with Crippen molar-refractivity contribution in [3.63, 3.8) is 0 Å². The van der Waals surface area contributed by atoms with E-state index in [2.05, 4.69) is 10.2 Å². The van der Waals surface area contributed by atoms with Crippen molar-refractivity contribution >= 4 is 47.2 Å². The molecule has 1 heterocycles. The number of benzene rings is 1. The Hall–Kier alpha value is -0.520. The van der Waals surface area contributed by atoms with Crippen LogP contribution in [-0.4, -0.2) is 36.5 Å². The molecule has 2 rings (SSSR count). The van der Waals surface area contributed by atoms with Crippen LogP contribution in [0.15, 0.2) is 18.2 Å². The largest absolute Gasteiger partial charge is 0.328 e. The zero-order valence-electron chi connectivity index (χ0n) is 10.9. The summed E-state index contributed by atoms with van der Waals surface area (Å²) >= 11 is 11.9. The van der Waals surface area contributed by atoms with Crippen LogP contribution in [0.3, 0.4) is 0 Å². The zero-order chi connectivity index (χ0) is 13.8. The summed E-state index contributed by atoms with van der Waals surface area (Å²) in [6, 6.07) is 5.44. The SMILES string of the molecule is Cl.NC1CCN(CC(=O)Nc2cccc(Cl)c2Cl)CC1. The molecule has 1 amide bonds. The Morgan fingerprint density at radius 2 is 2.00 bits per heavy atom. The fourth-order valence-corrected chi connectivity index (χ4v) is 2.45. The standard InChI is InChI=1S/C13H17Cl2N3O.ClH/c14-10-2-1-3-11(13(10)15)17-12(19)8-18-6-4-9(16)5-7-18;/h1-3,9H,4-8,16H2,(H,17,19);1H. The van der Waals surface area contributed by atoms with Gasteiger partial charge >= 0.3 is 0 Å². The molecule has 7 heteroatoms. The average Bonchev–Trinajstić information content (AvgIpc) is 2.38. The summed E-state index contributed by atoms with van der Waals surface area (Å²) in [5.41, 5.74) is 6.38. The molecule has 1 aromatic carbocycles. The van der Waals surface area contributed by atoms with E-state index >= 15 is 0 Å². The molecule has 0 unspecified atom stereocenters. The van der Waals surface area contributed by atoms with Crippen LogP contribution in [0, 0.1) is 0 Å². The van der Waals surface area contributed by atoms with Crippen LogP contribution < -0.4 is 11.1 Å². The maximum absolute atomic E-state index is 11.9. The summed E-state index contributed by atoms with van der Waals surface area (Å²) in [4.78, 5) is 14.0. The second kappa shape index (κ2) is 8.05. The van der Waals surface area contributed by atoms with Crippen LogP contribution in [0.25, 0.3) is 0 Å². The lowest BCUT2D eigenvalue weighted by atomic mass is 10.1. The van der Waals surface area contributed by atoms with E-state index < -0.39 is 0 Å². The minimum atomic E-state index is -0.0837. The number of carbonyl (C=O) groups excluding carboxylic acids is 1. The van der Waals surface area contributed by atoms with Crippen molar-refractivity contribution in [2.24, 2.45) is 5.73 Å². The molecular formula is C13H18Cl3N3O. The van der Waals surface area contributed by atoms with Gasteiger partial charge in [-0.25, -0.2) is 0 Å². The molecule has 4 nitrogen and oxygen atoms in total. The van der Waals surface area contributed by atoms with Crippen molar-refractivity contribution in [3.8, 4) is 0 Å². The number of nitrogens with two attached hydrogens (primary N) is 1. The first-order valence-electron chi connectivity index (χ1n) is 6.28. The highest BCUT2D eigenvalue weighted by molar-refractivity contribution is 6.43. The Morgan fingerprint density at radius 3 is 2.65 bits per heavy atom. The molecule has 3 N–H and O–H groups in total. The van der Waals surface area contributed by atoms with Crippen molar-refractivity contribution in [1.29, 1.82) is 0 Å². The minimum absolute atomic E-state index is 0. The molecule has 1 aliphatic rings. The molecule has 0 aliphatic carbocycles. The molecule has 1 aromatic rings. The third kappa shape index (κ3) is 4.79. The fraction of sp³-hybridized carbons (Fsp3) is 0.462. The number of piperidine rings is 1. The van der Waals surface area contributed by atoms with Crippen LogP contribution in [0.2, 0.25) is 10.0 Å². The Balaban J connectivity index is 0.00000200. The number of amides is 1. The van der Waals surface area contributed by atoms with E-state index in [0.717, 1.165) is 25.9 Å². The van der Waals surface area contributed by atoms with Crippen LogP contribution in [0.1, 0.15) is 12.8 Å². The van der Waals surface area contributed by atoms with Crippen molar-refractivity contribution in [2.75, 3.05) is 25.0 Å². The number of hydrogen-bond donors (Lipinski definition) is 2. The van der Waals surface area contributed by atoms with Gasteiger partial charge in [-0.2, -0.15) is 0 Å². The maximum atomic E-state index is 11.9. The quantitative estimate of drug-likeness (QED) is 0.891. The van der Waals surface area contributed by atoms with Gasteiger partial charge in [-0.3, -0.25) is 9.69 Å². The smallest absolute Gasteiger partial charge is 0.238 e. The second-order valence-electron chi connectivity index (χ2n) is 4.76. The van der Waals surface area contributed by atoms with Gasteiger partial charge in [0.15, 0.2) is 0 Å². The Bertz CT molecular complexity index is 462. The Morgan fingerprint density at radius 1 is 1.35 bits per heavy atom. The molecule has 1 saturated heterocycles. The van der Waals surface area contributed by atoms with Gasteiger partial charge in [0.25, 0.3) is 0 Å². The predicted octanol–water partition coefficient (Wildman–Crippen LogP) is 2.78. The van der Waals surface area contributed by atoms with Gasteiger partial charge in [0.2, 0.25) is 5.91 Å². The molecule has 0 radical (unpaired) electrons. The summed E-state index contributed by atoms with van der Waals surface area (Å²) in [7, 11) is 0. The van der Waals surface area contributed by atoms with Gasteiger partial charge in [-0.1, -0.05) is 29.3 Å². The molecule has 1 fully saturated rings. The van der Waals surface area contributed by atoms with Gasteiger partial charge < -0.3 is 11.1 Å². The molecule has 0 aromatic heterocycles. The van der Waals surface area contributed by atoms with Crippen LogP contribution >= 0.6 is 35.6 Å². The van der Waals surface area contributed by atoms with Crippen molar-refractivity contribution in [2.45, 2.75) is 18.9 Å². The van der Waals surface area contributed by atoms with E-state index in [1.165, 1.54) is 0 Å². The normalized spacial score (nSPS) is 16.6. The molecule has 1 aliphatic heterocycles. The van der Waals surface area contributed by atoms with Crippen LogP contribution in [0.5, 0.6) is 0 Å². The zero-order valence-corrected chi connectivity index (χ0v) is 13.3. The number of halogens is 3. The molecule has 0 bridgehead atoms. The van der Waals surface area contributed by atoms with E-state index in [0.29, 0.717) is 22.3 Å². The van der Waals surface area contributed by atoms with Gasteiger partial charge in [0, 0.05) is 19.1 Å².